The zero-order chi connectivity index (χ0) is 16.2. The highest BCUT2D eigenvalue weighted by molar-refractivity contribution is 9.10. The van der Waals surface area contributed by atoms with E-state index in [-0.39, 0.29) is 23.7 Å². The van der Waals surface area contributed by atoms with E-state index >= 15 is 0 Å². The van der Waals surface area contributed by atoms with Crippen LogP contribution in [-0.2, 0) is 9.53 Å². The van der Waals surface area contributed by atoms with Gasteiger partial charge in [-0.25, -0.2) is 4.72 Å². The molecule has 1 aromatic heterocycles. The molecule has 0 saturated carbocycles. The van der Waals surface area contributed by atoms with E-state index in [0.717, 1.165) is 4.90 Å². The number of hydrogen-bond donors (Lipinski definition) is 2. The van der Waals surface area contributed by atoms with E-state index in [0.29, 0.717) is 23.4 Å². The SMILES string of the molecule is O=C(Nc1ccc(SNC2CCOC2=O)cc1)c1ccc(Br)o1. The molecule has 2 N–H and O–H groups in total. The number of furan rings is 1. The number of hydrogen-bond acceptors (Lipinski definition) is 6. The summed E-state index contributed by atoms with van der Waals surface area (Å²) in [5.41, 5.74) is 0.659. The van der Waals surface area contributed by atoms with Crippen molar-refractivity contribution >= 4 is 45.4 Å². The highest BCUT2D eigenvalue weighted by Crippen LogP contribution is 2.21. The molecule has 0 spiro atoms. The Morgan fingerprint density at radius 3 is 2.61 bits per heavy atom. The van der Waals surface area contributed by atoms with E-state index < -0.39 is 0 Å². The molecule has 1 atom stereocenters. The van der Waals surface area contributed by atoms with Crippen LogP contribution in [0.4, 0.5) is 5.69 Å². The Labute approximate surface area is 145 Å². The lowest BCUT2D eigenvalue weighted by atomic mass is 10.3. The summed E-state index contributed by atoms with van der Waals surface area (Å²) in [5.74, 6) is -0.300. The second kappa shape index (κ2) is 7.20. The Kier molecular flexibility index (Phi) is 5.04. The molecule has 1 amide bonds. The molecule has 0 radical (unpaired) electrons. The van der Waals surface area contributed by atoms with Crippen molar-refractivity contribution in [2.24, 2.45) is 0 Å². The van der Waals surface area contributed by atoms with Crippen LogP contribution in [0.5, 0.6) is 0 Å². The molecule has 2 heterocycles. The van der Waals surface area contributed by atoms with Gasteiger partial charge in [0.05, 0.1) is 6.61 Å². The zero-order valence-corrected chi connectivity index (χ0v) is 14.3. The van der Waals surface area contributed by atoms with Crippen molar-refractivity contribution in [2.45, 2.75) is 17.4 Å². The maximum absolute atomic E-state index is 12.0. The molecule has 23 heavy (non-hydrogen) atoms. The average molecular weight is 397 g/mol. The van der Waals surface area contributed by atoms with Crippen LogP contribution in [0.3, 0.4) is 0 Å². The molecule has 8 heteroatoms. The van der Waals surface area contributed by atoms with Gasteiger partial charge in [0.2, 0.25) is 0 Å². The fourth-order valence-corrected chi connectivity index (χ4v) is 3.05. The van der Waals surface area contributed by atoms with Gasteiger partial charge < -0.3 is 14.5 Å². The first-order valence-corrected chi connectivity index (χ1v) is 8.48. The first-order valence-electron chi connectivity index (χ1n) is 6.87. The molecule has 0 aliphatic carbocycles. The molecule has 0 bridgehead atoms. The topological polar surface area (TPSA) is 80.6 Å². The van der Waals surface area contributed by atoms with Gasteiger partial charge in [-0.1, -0.05) is 0 Å². The lowest BCUT2D eigenvalue weighted by Gasteiger charge is -2.08. The van der Waals surface area contributed by atoms with Gasteiger partial charge >= 0.3 is 5.97 Å². The third kappa shape index (κ3) is 4.15. The van der Waals surface area contributed by atoms with E-state index in [4.69, 9.17) is 9.15 Å². The quantitative estimate of drug-likeness (QED) is 0.596. The molecular formula is C15H13BrN2O4S. The van der Waals surface area contributed by atoms with Crippen LogP contribution in [0.15, 0.2) is 50.4 Å². The monoisotopic (exact) mass is 396 g/mol. The van der Waals surface area contributed by atoms with Crippen molar-refractivity contribution < 1.29 is 18.7 Å². The van der Waals surface area contributed by atoms with E-state index in [1.54, 1.807) is 24.3 Å². The van der Waals surface area contributed by atoms with Crippen molar-refractivity contribution in [3.63, 3.8) is 0 Å². The number of nitrogens with one attached hydrogen (secondary N) is 2. The van der Waals surface area contributed by atoms with Crippen LogP contribution in [0.25, 0.3) is 0 Å². The Morgan fingerprint density at radius 1 is 1.22 bits per heavy atom. The second-order valence-electron chi connectivity index (χ2n) is 4.81. The number of esters is 1. The molecule has 1 aliphatic rings. The first-order chi connectivity index (χ1) is 11.1. The largest absolute Gasteiger partial charge is 0.464 e. The summed E-state index contributed by atoms with van der Waals surface area (Å²) < 4.78 is 13.7. The van der Waals surface area contributed by atoms with Crippen molar-refractivity contribution in [1.29, 1.82) is 0 Å². The summed E-state index contributed by atoms with van der Waals surface area (Å²) in [6.07, 6.45) is 0.679. The number of halogens is 1. The maximum Gasteiger partial charge on any atom is 0.324 e. The fraction of sp³-hybridized carbons (Fsp3) is 0.200. The minimum atomic E-state index is -0.317. The van der Waals surface area contributed by atoms with Gasteiger partial charge in [-0.2, -0.15) is 0 Å². The summed E-state index contributed by atoms with van der Waals surface area (Å²) in [7, 11) is 0. The summed E-state index contributed by atoms with van der Waals surface area (Å²) in [4.78, 5) is 24.2. The standard InChI is InChI=1S/C15H13BrN2O4S/c16-13-6-5-12(22-13)14(19)17-9-1-3-10(4-2-9)23-18-11-7-8-21-15(11)20/h1-6,11,18H,7-8H2,(H,17,19). The van der Waals surface area contributed by atoms with Crippen LogP contribution in [-0.4, -0.2) is 24.5 Å². The summed E-state index contributed by atoms with van der Waals surface area (Å²) in [6, 6.07) is 10.3. The highest BCUT2D eigenvalue weighted by Gasteiger charge is 2.26. The third-order valence-electron chi connectivity index (χ3n) is 3.16. The Hall–Kier alpha value is -1.77. The number of ether oxygens (including phenoxy) is 1. The molecular weight excluding hydrogens is 384 g/mol. The van der Waals surface area contributed by atoms with E-state index in [9.17, 15) is 9.59 Å². The number of amides is 1. The average Bonchev–Trinajstić information content (AvgIpc) is 3.15. The van der Waals surface area contributed by atoms with Gasteiger partial charge in [-0.3, -0.25) is 9.59 Å². The van der Waals surface area contributed by atoms with Gasteiger partial charge in [0, 0.05) is 17.0 Å². The predicted molar refractivity (Wildman–Crippen MR) is 89.2 cm³/mol. The minimum absolute atomic E-state index is 0.217. The number of cyclic esters (lactones) is 1. The lowest BCUT2D eigenvalue weighted by Crippen LogP contribution is -2.27. The molecule has 1 unspecified atom stereocenters. The Morgan fingerprint density at radius 2 is 2.00 bits per heavy atom. The van der Waals surface area contributed by atoms with Crippen molar-refractivity contribution in [2.75, 3.05) is 11.9 Å². The molecule has 3 rings (SSSR count). The van der Waals surface area contributed by atoms with Crippen LogP contribution in [0.1, 0.15) is 17.0 Å². The fourth-order valence-electron chi connectivity index (χ4n) is 1.98. The van der Waals surface area contributed by atoms with Crippen LogP contribution < -0.4 is 10.0 Å². The van der Waals surface area contributed by atoms with Crippen molar-refractivity contribution in [1.82, 2.24) is 4.72 Å². The van der Waals surface area contributed by atoms with E-state index in [1.807, 2.05) is 12.1 Å². The lowest BCUT2D eigenvalue weighted by molar-refractivity contribution is -0.139. The van der Waals surface area contributed by atoms with Gasteiger partial charge in [0.25, 0.3) is 5.91 Å². The second-order valence-corrected chi connectivity index (χ2v) is 6.50. The molecule has 1 aliphatic heterocycles. The van der Waals surface area contributed by atoms with Crippen molar-refractivity contribution in [3.05, 3.63) is 46.8 Å². The number of carbonyl (C=O) groups is 2. The van der Waals surface area contributed by atoms with Crippen LogP contribution >= 0.6 is 27.9 Å². The van der Waals surface area contributed by atoms with E-state index in [2.05, 4.69) is 26.0 Å². The normalized spacial score (nSPS) is 17.1. The molecule has 1 fully saturated rings. The zero-order valence-electron chi connectivity index (χ0n) is 11.9. The van der Waals surface area contributed by atoms with E-state index in [1.165, 1.54) is 11.9 Å². The Balaban J connectivity index is 1.54. The Bertz CT molecular complexity index is 717. The smallest absolute Gasteiger partial charge is 0.324 e. The number of benzene rings is 1. The van der Waals surface area contributed by atoms with Crippen LogP contribution in [0, 0.1) is 0 Å². The minimum Gasteiger partial charge on any atom is -0.464 e. The van der Waals surface area contributed by atoms with Gasteiger partial charge in [0.15, 0.2) is 10.4 Å². The molecule has 1 saturated heterocycles. The summed E-state index contributed by atoms with van der Waals surface area (Å²) in [5, 5.41) is 2.75. The molecule has 2 aromatic rings. The molecule has 1 aromatic carbocycles. The summed E-state index contributed by atoms with van der Waals surface area (Å²) >= 11 is 4.52. The van der Waals surface area contributed by atoms with Crippen molar-refractivity contribution in [3.8, 4) is 0 Å². The predicted octanol–water partition coefficient (Wildman–Crippen LogP) is 3.21. The highest BCUT2D eigenvalue weighted by atomic mass is 79.9. The number of carbonyl (C=O) groups excluding carboxylic acids is 2. The first kappa shape index (κ1) is 16.1. The molecule has 120 valence electrons. The molecule has 6 nitrogen and oxygen atoms in total. The number of anilines is 1. The van der Waals surface area contributed by atoms with Gasteiger partial charge in [-0.15, -0.1) is 0 Å². The number of rotatable bonds is 5. The maximum atomic E-state index is 12.0. The van der Waals surface area contributed by atoms with Crippen LogP contribution in [0.2, 0.25) is 0 Å². The summed E-state index contributed by atoms with van der Waals surface area (Å²) in [6.45, 7) is 0.463. The third-order valence-corrected chi connectivity index (χ3v) is 4.50. The van der Waals surface area contributed by atoms with Gasteiger partial charge in [-0.05, 0) is 64.3 Å². The van der Waals surface area contributed by atoms with Gasteiger partial charge in [0.1, 0.15) is 6.04 Å².